The molecule has 1 aromatic carbocycles. The van der Waals surface area contributed by atoms with Crippen LogP contribution in [-0.4, -0.2) is 29.9 Å². The number of benzene rings is 1. The van der Waals surface area contributed by atoms with Crippen LogP contribution < -0.4 is 9.47 Å². The molecule has 0 bridgehead atoms. The van der Waals surface area contributed by atoms with Crippen LogP contribution in [0, 0.1) is 21.8 Å². The average molecular weight is 299 g/mol. The number of aliphatic hydroxyl groups excluding tert-OH is 1. The standard InChI is InChI=1S/C14H18FNO5/c1-20-14-7-13(11(15)6-12(14)16(18)19)21-10-4-2-9(8-17)3-5-10/h6-7,9-10,17H,2-5,8H2,1H3. The van der Waals surface area contributed by atoms with Gasteiger partial charge in [0.1, 0.15) is 0 Å². The Balaban J connectivity index is 2.12. The van der Waals surface area contributed by atoms with Gasteiger partial charge in [0.15, 0.2) is 11.6 Å². The lowest BCUT2D eigenvalue weighted by atomic mass is 9.88. The molecule has 1 saturated carbocycles. The second-order valence-electron chi connectivity index (χ2n) is 5.15. The average Bonchev–Trinajstić information content (AvgIpc) is 2.49. The zero-order valence-corrected chi connectivity index (χ0v) is 11.8. The van der Waals surface area contributed by atoms with Gasteiger partial charge >= 0.3 is 5.69 Å². The van der Waals surface area contributed by atoms with E-state index in [9.17, 15) is 14.5 Å². The van der Waals surface area contributed by atoms with Gasteiger partial charge in [-0.15, -0.1) is 0 Å². The van der Waals surface area contributed by atoms with Gasteiger partial charge in [-0.1, -0.05) is 0 Å². The quantitative estimate of drug-likeness (QED) is 0.667. The van der Waals surface area contributed by atoms with Gasteiger partial charge in [-0.2, -0.15) is 0 Å². The van der Waals surface area contributed by atoms with Crippen LogP contribution in [0.2, 0.25) is 0 Å². The minimum Gasteiger partial charge on any atom is -0.490 e. The van der Waals surface area contributed by atoms with Crippen molar-refractivity contribution in [1.29, 1.82) is 0 Å². The molecule has 116 valence electrons. The summed E-state index contributed by atoms with van der Waals surface area (Å²) in [5, 5.41) is 19.9. The van der Waals surface area contributed by atoms with Gasteiger partial charge in [0.05, 0.1) is 24.2 Å². The van der Waals surface area contributed by atoms with Crippen LogP contribution in [0.3, 0.4) is 0 Å². The molecule has 1 aliphatic carbocycles. The van der Waals surface area contributed by atoms with Crippen LogP contribution in [0.1, 0.15) is 25.7 Å². The first-order valence-electron chi connectivity index (χ1n) is 6.84. The van der Waals surface area contributed by atoms with Crippen molar-refractivity contribution in [3.63, 3.8) is 0 Å². The van der Waals surface area contributed by atoms with Crippen LogP contribution in [0.25, 0.3) is 0 Å². The van der Waals surface area contributed by atoms with E-state index in [0.29, 0.717) is 0 Å². The Morgan fingerprint density at radius 1 is 1.33 bits per heavy atom. The van der Waals surface area contributed by atoms with E-state index in [4.69, 9.17) is 14.6 Å². The minimum absolute atomic E-state index is 0.0274. The fraction of sp³-hybridized carbons (Fsp3) is 0.571. The van der Waals surface area contributed by atoms with Crippen molar-refractivity contribution < 1.29 is 23.9 Å². The lowest BCUT2D eigenvalue weighted by Gasteiger charge is -2.28. The molecule has 1 fully saturated rings. The molecule has 0 unspecified atom stereocenters. The van der Waals surface area contributed by atoms with Gasteiger partial charge in [-0.3, -0.25) is 10.1 Å². The highest BCUT2D eigenvalue weighted by atomic mass is 19.1. The number of hydrogen-bond acceptors (Lipinski definition) is 5. The van der Waals surface area contributed by atoms with Crippen molar-refractivity contribution in [2.75, 3.05) is 13.7 Å². The maximum atomic E-state index is 13.9. The van der Waals surface area contributed by atoms with E-state index < -0.39 is 16.4 Å². The molecule has 0 saturated heterocycles. The Kier molecular flexibility index (Phi) is 4.95. The number of rotatable bonds is 5. The zero-order valence-electron chi connectivity index (χ0n) is 11.8. The minimum atomic E-state index is -0.771. The van der Waals surface area contributed by atoms with Crippen LogP contribution in [0.5, 0.6) is 11.5 Å². The smallest absolute Gasteiger partial charge is 0.314 e. The molecule has 0 spiro atoms. The molecule has 21 heavy (non-hydrogen) atoms. The number of halogens is 1. The zero-order chi connectivity index (χ0) is 15.4. The summed E-state index contributed by atoms with van der Waals surface area (Å²) in [4.78, 5) is 10.1. The van der Waals surface area contributed by atoms with Gasteiger partial charge in [-0.25, -0.2) is 4.39 Å². The van der Waals surface area contributed by atoms with Crippen molar-refractivity contribution in [2.45, 2.75) is 31.8 Å². The van der Waals surface area contributed by atoms with Crippen LogP contribution in [-0.2, 0) is 0 Å². The molecule has 1 N–H and O–H groups in total. The molecule has 1 aromatic rings. The Morgan fingerprint density at radius 2 is 2.00 bits per heavy atom. The third kappa shape index (κ3) is 3.60. The monoisotopic (exact) mass is 299 g/mol. The summed E-state index contributed by atoms with van der Waals surface area (Å²) in [5.74, 6) is -0.557. The summed E-state index contributed by atoms with van der Waals surface area (Å²) >= 11 is 0. The Labute approximate surface area is 121 Å². The number of aliphatic hydroxyl groups is 1. The van der Waals surface area contributed by atoms with Crippen molar-refractivity contribution in [2.24, 2.45) is 5.92 Å². The maximum Gasteiger partial charge on any atom is 0.314 e. The molecule has 1 aliphatic rings. The summed E-state index contributed by atoms with van der Waals surface area (Å²) in [5.41, 5.74) is -0.425. The topological polar surface area (TPSA) is 81.8 Å². The van der Waals surface area contributed by atoms with E-state index >= 15 is 0 Å². The summed E-state index contributed by atoms with van der Waals surface area (Å²) in [7, 11) is 1.29. The van der Waals surface area contributed by atoms with Gasteiger partial charge in [0.2, 0.25) is 5.75 Å². The summed E-state index contributed by atoms with van der Waals surface area (Å²) in [6.07, 6.45) is 2.96. The predicted molar refractivity (Wildman–Crippen MR) is 73.1 cm³/mol. The highest BCUT2D eigenvalue weighted by molar-refractivity contribution is 5.51. The van der Waals surface area contributed by atoms with Gasteiger partial charge in [0.25, 0.3) is 0 Å². The molecule has 0 heterocycles. The maximum absolute atomic E-state index is 13.9. The highest BCUT2D eigenvalue weighted by Gasteiger charge is 2.25. The van der Waals surface area contributed by atoms with Crippen LogP contribution in [0.4, 0.5) is 10.1 Å². The number of methoxy groups -OCH3 is 1. The summed E-state index contributed by atoms with van der Waals surface area (Å²) in [6, 6.07) is 2.03. The van der Waals surface area contributed by atoms with Crippen LogP contribution >= 0.6 is 0 Å². The number of nitro groups is 1. The van der Waals surface area contributed by atoms with E-state index in [1.54, 1.807) is 0 Å². The molecule has 2 rings (SSSR count). The number of nitro benzene ring substituents is 1. The third-order valence-corrected chi connectivity index (χ3v) is 3.78. The van der Waals surface area contributed by atoms with Crippen molar-refractivity contribution in [3.05, 3.63) is 28.1 Å². The van der Waals surface area contributed by atoms with Crippen molar-refractivity contribution in [3.8, 4) is 11.5 Å². The lowest BCUT2D eigenvalue weighted by molar-refractivity contribution is -0.386. The third-order valence-electron chi connectivity index (χ3n) is 3.78. The van der Waals surface area contributed by atoms with E-state index in [1.807, 2.05) is 0 Å². The van der Waals surface area contributed by atoms with E-state index in [1.165, 1.54) is 13.2 Å². The molecular weight excluding hydrogens is 281 g/mol. The SMILES string of the molecule is COc1cc(OC2CCC(CO)CC2)c(F)cc1[N+](=O)[O-]. The van der Waals surface area contributed by atoms with Gasteiger partial charge in [0, 0.05) is 12.7 Å². The lowest BCUT2D eigenvalue weighted by Crippen LogP contribution is -2.25. The first-order valence-corrected chi connectivity index (χ1v) is 6.84. The van der Waals surface area contributed by atoms with E-state index in [0.717, 1.165) is 31.7 Å². The molecule has 7 heteroatoms. The molecule has 0 aliphatic heterocycles. The normalized spacial score (nSPS) is 21.9. The number of hydrogen-bond donors (Lipinski definition) is 1. The fourth-order valence-electron chi connectivity index (χ4n) is 2.53. The van der Waals surface area contributed by atoms with Gasteiger partial charge in [-0.05, 0) is 31.6 Å². The largest absolute Gasteiger partial charge is 0.490 e. The molecule has 6 nitrogen and oxygen atoms in total. The first-order chi connectivity index (χ1) is 10.0. The van der Waals surface area contributed by atoms with E-state index in [2.05, 4.69) is 0 Å². The highest BCUT2D eigenvalue weighted by Crippen LogP contribution is 2.35. The Morgan fingerprint density at radius 3 is 2.52 bits per heavy atom. The Bertz CT molecular complexity index is 514. The molecule has 0 atom stereocenters. The molecule has 0 radical (unpaired) electrons. The second-order valence-corrected chi connectivity index (χ2v) is 5.15. The molecule has 0 aromatic heterocycles. The fourth-order valence-corrected chi connectivity index (χ4v) is 2.53. The first kappa shape index (κ1) is 15.5. The van der Waals surface area contributed by atoms with Crippen molar-refractivity contribution in [1.82, 2.24) is 0 Å². The second kappa shape index (κ2) is 6.71. The predicted octanol–water partition coefficient (Wildman–Crippen LogP) is 2.67. The van der Waals surface area contributed by atoms with Gasteiger partial charge < -0.3 is 14.6 Å². The number of ether oxygens (including phenoxy) is 2. The summed E-state index contributed by atoms with van der Waals surface area (Å²) in [6.45, 7) is 0.159. The van der Waals surface area contributed by atoms with Crippen molar-refractivity contribution >= 4 is 5.69 Å². The van der Waals surface area contributed by atoms with Crippen LogP contribution in [0.15, 0.2) is 12.1 Å². The Hall–Kier alpha value is -1.89. The summed E-state index contributed by atoms with van der Waals surface area (Å²) < 4.78 is 24.4. The number of nitrogens with zero attached hydrogens (tertiary/aromatic N) is 1. The van der Waals surface area contributed by atoms with E-state index in [-0.39, 0.29) is 30.1 Å². The molecular formula is C14H18FNO5. The molecule has 0 amide bonds.